The Morgan fingerprint density at radius 1 is 0.950 bits per heavy atom. The van der Waals surface area contributed by atoms with Crippen molar-refractivity contribution in [2.45, 2.75) is 23.5 Å². The molecule has 0 fully saturated rings. The van der Waals surface area contributed by atoms with Crippen molar-refractivity contribution in [2.75, 3.05) is 0 Å². The van der Waals surface area contributed by atoms with Gasteiger partial charge in [-0.25, -0.2) is 8.42 Å². The maximum Gasteiger partial charge on any atom is 0.185 e. The third-order valence-corrected chi connectivity index (χ3v) is 5.21. The van der Waals surface area contributed by atoms with Crippen LogP contribution in [0.4, 0.5) is 0 Å². The first-order chi connectivity index (χ1) is 9.51. The van der Waals surface area contributed by atoms with Crippen molar-refractivity contribution in [3.63, 3.8) is 0 Å². The van der Waals surface area contributed by atoms with Gasteiger partial charge in [0.15, 0.2) is 9.84 Å². The zero-order valence-electron chi connectivity index (χ0n) is 11.2. The SMILES string of the molecule is CC(=O)C[C@H](c1ccccc1)S(=O)(=O)c1ccccc1. The normalized spacial score (nSPS) is 12.8. The van der Waals surface area contributed by atoms with Gasteiger partial charge in [0.1, 0.15) is 5.78 Å². The van der Waals surface area contributed by atoms with Gasteiger partial charge in [-0.1, -0.05) is 48.5 Å². The molecule has 1 atom stereocenters. The van der Waals surface area contributed by atoms with Crippen LogP contribution in [0.25, 0.3) is 0 Å². The lowest BCUT2D eigenvalue weighted by molar-refractivity contribution is -0.117. The lowest BCUT2D eigenvalue weighted by Gasteiger charge is -2.17. The molecule has 0 bridgehead atoms. The van der Waals surface area contributed by atoms with E-state index in [0.717, 1.165) is 0 Å². The van der Waals surface area contributed by atoms with Gasteiger partial charge in [-0.2, -0.15) is 0 Å². The van der Waals surface area contributed by atoms with Crippen LogP contribution in [0.15, 0.2) is 65.6 Å². The van der Waals surface area contributed by atoms with Crippen LogP contribution < -0.4 is 0 Å². The molecule has 0 unspecified atom stereocenters. The van der Waals surface area contributed by atoms with E-state index in [1.165, 1.54) is 6.92 Å². The van der Waals surface area contributed by atoms with Gasteiger partial charge in [0, 0.05) is 6.42 Å². The minimum atomic E-state index is -3.57. The number of hydrogen-bond donors (Lipinski definition) is 0. The molecule has 0 aliphatic carbocycles. The molecular formula is C16H16O3S. The zero-order valence-corrected chi connectivity index (χ0v) is 12.0. The number of hydrogen-bond acceptors (Lipinski definition) is 3. The molecule has 0 heterocycles. The molecule has 104 valence electrons. The van der Waals surface area contributed by atoms with Crippen molar-refractivity contribution >= 4 is 15.6 Å². The largest absolute Gasteiger partial charge is 0.300 e. The molecule has 4 heteroatoms. The summed E-state index contributed by atoms with van der Waals surface area (Å²) in [6, 6.07) is 17.1. The number of rotatable bonds is 5. The van der Waals surface area contributed by atoms with Crippen LogP contribution in [0.5, 0.6) is 0 Å². The molecule has 0 aliphatic heterocycles. The van der Waals surface area contributed by atoms with E-state index in [2.05, 4.69) is 0 Å². The zero-order chi connectivity index (χ0) is 14.6. The average Bonchev–Trinajstić information content (AvgIpc) is 2.46. The Morgan fingerprint density at radius 2 is 1.45 bits per heavy atom. The summed E-state index contributed by atoms with van der Waals surface area (Å²) in [5.74, 6) is -0.140. The molecule has 2 aromatic rings. The van der Waals surface area contributed by atoms with Crippen LogP contribution in [-0.2, 0) is 14.6 Å². The first kappa shape index (κ1) is 14.5. The summed E-state index contributed by atoms with van der Waals surface area (Å²) in [6.45, 7) is 1.41. The Bertz CT molecular complexity index is 676. The smallest absolute Gasteiger partial charge is 0.185 e. The quantitative estimate of drug-likeness (QED) is 0.849. The average molecular weight is 288 g/mol. The van der Waals surface area contributed by atoms with Crippen LogP contribution >= 0.6 is 0 Å². The Labute approximate surface area is 119 Å². The predicted octanol–water partition coefficient (Wildman–Crippen LogP) is 3.18. The van der Waals surface area contributed by atoms with E-state index in [-0.39, 0.29) is 17.1 Å². The van der Waals surface area contributed by atoms with Gasteiger partial charge < -0.3 is 0 Å². The van der Waals surface area contributed by atoms with E-state index in [9.17, 15) is 13.2 Å². The summed E-state index contributed by atoms with van der Waals surface area (Å²) < 4.78 is 25.4. The standard InChI is InChI=1S/C16H16O3S/c1-13(17)12-16(14-8-4-2-5-9-14)20(18,19)15-10-6-3-7-11-15/h2-11,16H,12H2,1H3/t16-/m1/s1. The van der Waals surface area contributed by atoms with Gasteiger partial charge in [0.05, 0.1) is 10.1 Å². The fourth-order valence-corrected chi connectivity index (χ4v) is 3.94. The molecule has 3 nitrogen and oxygen atoms in total. The molecule has 2 rings (SSSR count). The molecule has 0 aliphatic rings. The van der Waals surface area contributed by atoms with E-state index >= 15 is 0 Å². The summed E-state index contributed by atoms with van der Waals surface area (Å²) in [7, 11) is -3.57. The molecule has 0 spiro atoms. The third-order valence-electron chi connectivity index (χ3n) is 3.09. The summed E-state index contributed by atoms with van der Waals surface area (Å²) in [5.41, 5.74) is 0.645. The van der Waals surface area contributed by atoms with Crippen molar-refractivity contribution in [3.05, 3.63) is 66.2 Å². The van der Waals surface area contributed by atoms with Crippen LogP contribution in [0.3, 0.4) is 0 Å². The van der Waals surface area contributed by atoms with E-state index < -0.39 is 15.1 Å². The summed E-state index contributed by atoms with van der Waals surface area (Å²) in [5, 5.41) is -0.830. The number of Topliss-reactive ketones (excluding diaryl/α,β-unsaturated/α-hetero) is 1. The lowest BCUT2D eigenvalue weighted by atomic mass is 10.1. The molecule has 2 aromatic carbocycles. The highest BCUT2D eigenvalue weighted by atomic mass is 32.2. The van der Waals surface area contributed by atoms with Crippen molar-refractivity contribution < 1.29 is 13.2 Å². The Kier molecular flexibility index (Phi) is 4.35. The number of benzene rings is 2. The first-order valence-electron chi connectivity index (χ1n) is 6.35. The maximum absolute atomic E-state index is 12.7. The first-order valence-corrected chi connectivity index (χ1v) is 7.90. The molecule has 0 radical (unpaired) electrons. The molecule has 0 amide bonds. The highest BCUT2D eigenvalue weighted by Gasteiger charge is 2.29. The van der Waals surface area contributed by atoms with Crippen LogP contribution in [0, 0.1) is 0 Å². The van der Waals surface area contributed by atoms with Gasteiger partial charge in [0.25, 0.3) is 0 Å². The minimum Gasteiger partial charge on any atom is -0.300 e. The number of carbonyl (C=O) groups is 1. The Balaban J connectivity index is 2.49. The van der Waals surface area contributed by atoms with Gasteiger partial charge in [-0.05, 0) is 24.6 Å². The minimum absolute atomic E-state index is 0.0127. The Morgan fingerprint density at radius 3 is 1.95 bits per heavy atom. The Hall–Kier alpha value is -1.94. The second-order valence-electron chi connectivity index (χ2n) is 4.66. The highest BCUT2D eigenvalue weighted by Crippen LogP contribution is 2.31. The summed E-state index contributed by atoms with van der Waals surface area (Å²) in [4.78, 5) is 11.7. The number of carbonyl (C=O) groups excluding carboxylic acids is 1. The van der Waals surface area contributed by atoms with Crippen LogP contribution in [-0.4, -0.2) is 14.2 Å². The van der Waals surface area contributed by atoms with Crippen molar-refractivity contribution in [3.8, 4) is 0 Å². The van der Waals surface area contributed by atoms with E-state index in [1.54, 1.807) is 54.6 Å². The van der Waals surface area contributed by atoms with Crippen molar-refractivity contribution in [1.82, 2.24) is 0 Å². The monoisotopic (exact) mass is 288 g/mol. The predicted molar refractivity (Wildman–Crippen MR) is 78.1 cm³/mol. The van der Waals surface area contributed by atoms with E-state index in [1.807, 2.05) is 6.07 Å². The van der Waals surface area contributed by atoms with Crippen LogP contribution in [0.2, 0.25) is 0 Å². The second kappa shape index (κ2) is 6.01. The summed E-state index contributed by atoms with van der Waals surface area (Å²) in [6.07, 6.45) is -0.0127. The fraction of sp³-hybridized carbons (Fsp3) is 0.188. The number of ketones is 1. The van der Waals surface area contributed by atoms with Gasteiger partial charge in [0.2, 0.25) is 0 Å². The molecule has 0 saturated heterocycles. The van der Waals surface area contributed by atoms with Gasteiger partial charge in [-0.3, -0.25) is 4.79 Å². The second-order valence-corrected chi connectivity index (χ2v) is 6.79. The number of sulfone groups is 1. The fourth-order valence-electron chi connectivity index (χ4n) is 2.11. The van der Waals surface area contributed by atoms with E-state index in [0.29, 0.717) is 5.56 Å². The van der Waals surface area contributed by atoms with Gasteiger partial charge in [-0.15, -0.1) is 0 Å². The van der Waals surface area contributed by atoms with Crippen molar-refractivity contribution in [2.24, 2.45) is 0 Å². The highest BCUT2D eigenvalue weighted by molar-refractivity contribution is 7.91. The summed E-state index contributed by atoms with van der Waals surface area (Å²) >= 11 is 0. The topological polar surface area (TPSA) is 51.2 Å². The molecule has 0 N–H and O–H groups in total. The van der Waals surface area contributed by atoms with Crippen LogP contribution in [0.1, 0.15) is 24.2 Å². The van der Waals surface area contributed by atoms with Gasteiger partial charge >= 0.3 is 0 Å². The third kappa shape index (κ3) is 3.14. The molecular weight excluding hydrogens is 272 g/mol. The maximum atomic E-state index is 12.7. The molecule has 20 heavy (non-hydrogen) atoms. The van der Waals surface area contributed by atoms with Crippen molar-refractivity contribution in [1.29, 1.82) is 0 Å². The molecule has 0 saturated carbocycles. The molecule has 0 aromatic heterocycles. The lowest BCUT2D eigenvalue weighted by Crippen LogP contribution is -2.16. The van der Waals surface area contributed by atoms with E-state index in [4.69, 9.17) is 0 Å².